The smallest absolute Gasteiger partial charge is 0.154 e. The zero-order valence-corrected chi connectivity index (χ0v) is 12.9. The molecule has 0 aliphatic heterocycles. The second kappa shape index (κ2) is 6.07. The van der Waals surface area contributed by atoms with Gasteiger partial charge in [0, 0.05) is 16.7 Å². The number of sulfone groups is 1. The Hall–Kier alpha value is -0.260. The number of benzene rings is 1. The van der Waals surface area contributed by atoms with Gasteiger partial charge in [0.15, 0.2) is 9.84 Å². The lowest BCUT2D eigenvalue weighted by Gasteiger charge is -2.10. The number of halogens is 2. The fraction of sp³-hybridized carbons (Fsp3) is 0.455. The van der Waals surface area contributed by atoms with Gasteiger partial charge in [0.2, 0.25) is 0 Å². The van der Waals surface area contributed by atoms with Crippen molar-refractivity contribution in [2.45, 2.75) is 19.1 Å². The molecule has 17 heavy (non-hydrogen) atoms. The van der Waals surface area contributed by atoms with E-state index in [4.69, 9.17) is 11.6 Å². The SMILES string of the molecule is CC(C)S(=O)(=O)CCNc1ccc(Cl)c(Br)c1. The molecular formula is C11H15BrClNO2S. The van der Waals surface area contributed by atoms with Crippen LogP contribution in [0.1, 0.15) is 13.8 Å². The Kier molecular flexibility index (Phi) is 5.28. The van der Waals surface area contributed by atoms with Crippen LogP contribution < -0.4 is 5.32 Å². The zero-order chi connectivity index (χ0) is 13.1. The van der Waals surface area contributed by atoms with Crippen molar-refractivity contribution in [1.82, 2.24) is 0 Å². The molecule has 0 unspecified atom stereocenters. The zero-order valence-electron chi connectivity index (χ0n) is 9.70. The van der Waals surface area contributed by atoms with Gasteiger partial charge in [-0.1, -0.05) is 11.6 Å². The van der Waals surface area contributed by atoms with Crippen LogP contribution >= 0.6 is 27.5 Å². The van der Waals surface area contributed by atoms with Crippen LogP contribution in [0.2, 0.25) is 5.02 Å². The van der Waals surface area contributed by atoms with E-state index in [9.17, 15) is 8.42 Å². The van der Waals surface area contributed by atoms with E-state index in [-0.39, 0.29) is 11.0 Å². The molecule has 3 nitrogen and oxygen atoms in total. The Morgan fingerprint density at radius 3 is 2.59 bits per heavy atom. The van der Waals surface area contributed by atoms with E-state index in [1.165, 1.54) is 0 Å². The second-order valence-corrected chi connectivity index (χ2v) is 7.91. The molecule has 0 spiro atoms. The Balaban J connectivity index is 2.55. The molecule has 0 bridgehead atoms. The van der Waals surface area contributed by atoms with E-state index in [2.05, 4.69) is 21.2 Å². The molecule has 1 aromatic carbocycles. The van der Waals surface area contributed by atoms with E-state index in [1.807, 2.05) is 12.1 Å². The Morgan fingerprint density at radius 1 is 1.41 bits per heavy atom. The lowest BCUT2D eigenvalue weighted by atomic mass is 10.3. The Labute approximate surface area is 116 Å². The summed E-state index contributed by atoms with van der Waals surface area (Å²) in [5, 5.41) is 3.35. The van der Waals surface area contributed by atoms with Crippen LogP contribution in [0.15, 0.2) is 22.7 Å². The summed E-state index contributed by atoms with van der Waals surface area (Å²) < 4.78 is 23.9. The van der Waals surface area contributed by atoms with Gasteiger partial charge in [-0.25, -0.2) is 8.42 Å². The van der Waals surface area contributed by atoms with Crippen LogP contribution in [-0.4, -0.2) is 26.0 Å². The molecule has 0 atom stereocenters. The molecule has 0 amide bonds. The van der Waals surface area contributed by atoms with Crippen LogP contribution in [0.5, 0.6) is 0 Å². The molecule has 0 radical (unpaired) electrons. The highest BCUT2D eigenvalue weighted by atomic mass is 79.9. The van der Waals surface area contributed by atoms with Crippen LogP contribution in [0, 0.1) is 0 Å². The van der Waals surface area contributed by atoms with Crippen molar-refractivity contribution in [1.29, 1.82) is 0 Å². The third kappa shape index (κ3) is 4.48. The Bertz CT molecular complexity index is 488. The van der Waals surface area contributed by atoms with Gasteiger partial charge in [0.1, 0.15) is 0 Å². The molecule has 6 heteroatoms. The quantitative estimate of drug-likeness (QED) is 0.894. The lowest BCUT2D eigenvalue weighted by Crippen LogP contribution is -2.22. The highest BCUT2D eigenvalue weighted by Gasteiger charge is 2.15. The van der Waals surface area contributed by atoms with E-state index < -0.39 is 9.84 Å². The third-order valence-corrected chi connectivity index (χ3v) is 5.78. The number of rotatable bonds is 5. The second-order valence-electron chi connectivity index (χ2n) is 3.97. The van der Waals surface area contributed by atoms with Crippen LogP contribution in [0.3, 0.4) is 0 Å². The van der Waals surface area contributed by atoms with Crippen LogP contribution in [0.4, 0.5) is 5.69 Å². The molecule has 0 aliphatic rings. The molecule has 0 aliphatic carbocycles. The molecule has 0 heterocycles. The van der Waals surface area contributed by atoms with Crippen molar-refractivity contribution in [3.8, 4) is 0 Å². The molecule has 1 rings (SSSR count). The van der Waals surface area contributed by atoms with E-state index in [0.717, 1.165) is 10.2 Å². The maximum atomic E-state index is 11.6. The fourth-order valence-electron chi connectivity index (χ4n) is 1.18. The van der Waals surface area contributed by atoms with Crippen molar-refractivity contribution in [3.05, 3.63) is 27.7 Å². The van der Waals surface area contributed by atoms with Crippen LogP contribution in [-0.2, 0) is 9.84 Å². The van der Waals surface area contributed by atoms with Gasteiger partial charge in [-0.05, 0) is 48.0 Å². The molecule has 0 saturated heterocycles. The average Bonchev–Trinajstić information content (AvgIpc) is 2.23. The monoisotopic (exact) mass is 339 g/mol. The van der Waals surface area contributed by atoms with Crippen molar-refractivity contribution in [2.75, 3.05) is 17.6 Å². The average molecular weight is 341 g/mol. The maximum Gasteiger partial charge on any atom is 0.154 e. The van der Waals surface area contributed by atoms with Crippen molar-refractivity contribution in [3.63, 3.8) is 0 Å². The molecule has 1 aromatic rings. The van der Waals surface area contributed by atoms with Gasteiger partial charge in [-0.3, -0.25) is 0 Å². The molecular weight excluding hydrogens is 326 g/mol. The minimum Gasteiger partial charge on any atom is -0.384 e. The predicted molar refractivity (Wildman–Crippen MR) is 76.6 cm³/mol. The fourth-order valence-corrected chi connectivity index (χ4v) is 2.53. The summed E-state index contributed by atoms with van der Waals surface area (Å²) in [7, 11) is -2.99. The summed E-state index contributed by atoms with van der Waals surface area (Å²) in [5.74, 6) is 0.130. The first-order chi connectivity index (χ1) is 7.83. The summed E-state index contributed by atoms with van der Waals surface area (Å²) in [6.07, 6.45) is 0. The highest BCUT2D eigenvalue weighted by molar-refractivity contribution is 9.10. The first-order valence-corrected chi connectivity index (χ1v) is 8.12. The number of hydrogen-bond donors (Lipinski definition) is 1. The summed E-state index contributed by atoms with van der Waals surface area (Å²) >= 11 is 9.17. The van der Waals surface area contributed by atoms with Gasteiger partial charge in [-0.2, -0.15) is 0 Å². The van der Waals surface area contributed by atoms with Crippen molar-refractivity contribution >= 4 is 43.1 Å². The standard InChI is InChI=1S/C11H15BrClNO2S/c1-8(2)17(15,16)6-5-14-9-3-4-11(13)10(12)7-9/h3-4,7-8,14H,5-6H2,1-2H3. The maximum absolute atomic E-state index is 11.6. The van der Waals surface area contributed by atoms with E-state index in [1.54, 1.807) is 19.9 Å². The number of anilines is 1. The van der Waals surface area contributed by atoms with Gasteiger partial charge in [0.05, 0.1) is 16.0 Å². The minimum atomic E-state index is -2.99. The van der Waals surface area contributed by atoms with Gasteiger partial charge in [-0.15, -0.1) is 0 Å². The summed E-state index contributed by atoms with van der Waals surface area (Å²) in [6, 6.07) is 5.39. The lowest BCUT2D eigenvalue weighted by molar-refractivity contribution is 0.588. The molecule has 1 N–H and O–H groups in total. The van der Waals surface area contributed by atoms with E-state index in [0.29, 0.717) is 11.6 Å². The molecule has 0 aromatic heterocycles. The first-order valence-electron chi connectivity index (χ1n) is 5.23. The van der Waals surface area contributed by atoms with Crippen molar-refractivity contribution in [2.24, 2.45) is 0 Å². The molecule has 96 valence electrons. The molecule has 0 fully saturated rings. The van der Waals surface area contributed by atoms with Gasteiger partial charge < -0.3 is 5.32 Å². The topological polar surface area (TPSA) is 46.2 Å². The largest absolute Gasteiger partial charge is 0.384 e. The minimum absolute atomic E-state index is 0.130. The summed E-state index contributed by atoms with van der Waals surface area (Å²) in [4.78, 5) is 0. The first kappa shape index (κ1) is 14.8. The highest BCUT2D eigenvalue weighted by Crippen LogP contribution is 2.25. The molecule has 0 saturated carbocycles. The van der Waals surface area contributed by atoms with E-state index >= 15 is 0 Å². The normalized spacial score (nSPS) is 11.8. The predicted octanol–water partition coefficient (Wildman–Crippen LogP) is 3.34. The number of hydrogen-bond acceptors (Lipinski definition) is 3. The Morgan fingerprint density at radius 2 is 2.06 bits per heavy atom. The van der Waals surface area contributed by atoms with Crippen molar-refractivity contribution < 1.29 is 8.42 Å². The number of nitrogens with one attached hydrogen (secondary N) is 1. The van der Waals surface area contributed by atoms with Crippen LogP contribution in [0.25, 0.3) is 0 Å². The van der Waals surface area contributed by atoms with Gasteiger partial charge in [0.25, 0.3) is 0 Å². The summed E-state index contributed by atoms with van der Waals surface area (Å²) in [5.41, 5.74) is 0.847. The third-order valence-electron chi connectivity index (χ3n) is 2.35. The summed E-state index contributed by atoms with van der Waals surface area (Å²) in [6.45, 7) is 3.77. The van der Waals surface area contributed by atoms with Gasteiger partial charge >= 0.3 is 0 Å².